The van der Waals surface area contributed by atoms with E-state index < -0.39 is 30.1 Å². The molecule has 3 amide bonds. The second-order valence-corrected chi connectivity index (χ2v) is 10.6. The highest BCUT2D eigenvalue weighted by molar-refractivity contribution is 5.94. The lowest BCUT2D eigenvalue weighted by atomic mass is 9.95. The molecular formula is C27H42N4O4. The highest BCUT2D eigenvalue weighted by Gasteiger charge is 2.38. The molecule has 2 aliphatic rings. The zero-order chi connectivity index (χ0) is 26.3. The summed E-state index contributed by atoms with van der Waals surface area (Å²) in [6.45, 7) is 11.7. The average molecular weight is 487 g/mol. The Bertz CT molecular complexity index is 893. The average Bonchev–Trinajstić information content (AvgIpc) is 2.77. The molecule has 3 N–H and O–H groups in total. The van der Waals surface area contributed by atoms with Crippen LogP contribution >= 0.6 is 0 Å². The van der Waals surface area contributed by atoms with Crippen molar-refractivity contribution in [3.8, 4) is 5.75 Å². The molecule has 8 nitrogen and oxygen atoms in total. The van der Waals surface area contributed by atoms with Gasteiger partial charge in [0.25, 0.3) is 0 Å². The first-order valence-electron chi connectivity index (χ1n) is 12.4. The maximum Gasteiger partial charge on any atom is 0.247 e. The number of benzene rings is 1. The summed E-state index contributed by atoms with van der Waals surface area (Å²) in [6.07, 6.45) is 3.34. The van der Waals surface area contributed by atoms with Crippen LogP contribution < -0.4 is 20.7 Å². The van der Waals surface area contributed by atoms with E-state index in [-0.39, 0.29) is 23.7 Å². The standard InChI is InChI=1S/C27H42N4O4/c1-16(2)15-21(31(7)8)25(32)30-23-24(18(5)6)35-20-11-9-19(10-12-20)13-14-28-26(33)22(17(3)4)29-27(23)34/h9-14,16-18,21-24H,15H2,1-8H3,(H,28,33)(H,29,34)(H,30,32)/t21-,22-,23+,24-/m0/s1. The predicted octanol–water partition coefficient (Wildman–Crippen LogP) is 2.79. The minimum absolute atomic E-state index is 0.104. The quantitative estimate of drug-likeness (QED) is 0.550. The number of carbonyl (C=O) groups is 3. The SMILES string of the molecule is CC(C)C[C@@H](C(=O)N[C@H]1C(=O)N[C@@H](C(C)C)C(=O)NC=Cc2ccc(cc2)O[C@H]1C(C)C)N(C)C. The summed E-state index contributed by atoms with van der Waals surface area (Å²) < 4.78 is 6.29. The smallest absolute Gasteiger partial charge is 0.247 e. The van der Waals surface area contributed by atoms with Crippen LogP contribution in [0.5, 0.6) is 5.75 Å². The molecule has 0 aromatic heterocycles. The molecule has 1 aromatic rings. The summed E-state index contributed by atoms with van der Waals surface area (Å²) in [5.74, 6) is -0.397. The van der Waals surface area contributed by atoms with Gasteiger partial charge in [0.05, 0.1) is 6.04 Å². The second-order valence-electron chi connectivity index (χ2n) is 10.6. The highest BCUT2D eigenvalue weighted by Crippen LogP contribution is 2.21. The van der Waals surface area contributed by atoms with E-state index in [9.17, 15) is 14.4 Å². The Morgan fingerprint density at radius 3 is 2.14 bits per heavy atom. The molecule has 0 saturated carbocycles. The molecule has 0 aliphatic carbocycles. The lowest BCUT2D eigenvalue weighted by molar-refractivity contribution is -0.136. The number of ether oxygens (including phenoxy) is 1. The number of carbonyl (C=O) groups excluding carboxylic acids is 3. The highest BCUT2D eigenvalue weighted by atomic mass is 16.5. The van der Waals surface area contributed by atoms with Crippen molar-refractivity contribution in [3.63, 3.8) is 0 Å². The van der Waals surface area contributed by atoms with Crippen molar-refractivity contribution in [3.05, 3.63) is 36.0 Å². The maximum absolute atomic E-state index is 13.6. The van der Waals surface area contributed by atoms with Crippen LogP contribution in [0, 0.1) is 17.8 Å². The van der Waals surface area contributed by atoms with E-state index in [2.05, 4.69) is 29.8 Å². The van der Waals surface area contributed by atoms with Crippen molar-refractivity contribution in [2.75, 3.05) is 14.1 Å². The Morgan fingerprint density at radius 2 is 1.63 bits per heavy atom. The number of likely N-dealkylation sites (N-methyl/N-ethyl adjacent to an activating group) is 1. The number of rotatable bonds is 7. The molecule has 3 rings (SSSR count). The van der Waals surface area contributed by atoms with Crippen LogP contribution in [-0.2, 0) is 14.4 Å². The van der Waals surface area contributed by atoms with Gasteiger partial charge in [-0.25, -0.2) is 0 Å². The number of fused-ring (bicyclic) bond motifs is 10. The van der Waals surface area contributed by atoms with Gasteiger partial charge >= 0.3 is 0 Å². The molecule has 1 aromatic carbocycles. The summed E-state index contributed by atoms with van der Waals surface area (Å²) >= 11 is 0. The Labute approximate surface area is 209 Å². The summed E-state index contributed by atoms with van der Waals surface area (Å²) in [7, 11) is 3.70. The van der Waals surface area contributed by atoms with Crippen LogP contribution in [0.15, 0.2) is 30.5 Å². The van der Waals surface area contributed by atoms with Gasteiger partial charge in [0, 0.05) is 6.20 Å². The van der Waals surface area contributed by atoms with Gasteiger partial charge < -0.3 is 20.7 Å². The molecule has 35 heavy (non-hydrogen) atoms. The first-order valence-corrected chi connectivity index (χ1v) is 12.4. The number of nitrogens with zero attached hydrogens (tertiary/aromatic N) is 1. The lowest BCUT2D eigenvalue weighted by Gasteiger charge is -2.34. The molecule has 0 fully saturated rings. The van der Waals surface area contributed by atoms with Crippen LogP contribution in [0.4, 0.5) is 0 Å². The third-order valence-corrected chi connectivity index (χ3v) is 6.09. The summed E-state index contributed by atoms with van der Waals surface area (Å²) in [6, 6.07) is 5.21. The Balaban J connectivity index is 2.50. The molecule has 2 bridgehead atoms. The zero-order valence-electron chi connectivity index (χ0n) is 22.3. The van der Waals surface area contributed by atoms with Crippen molar-refractivity contribution in [1.82, 2.24) is 20.9 Å². The monoisotopic (exact) mass is 486 g/mol. The van der Waals surface area contributed by atoms with Gasteiger partial charge in [-0.1, -0.05) is 53.7 Å². The Kier molecular flexibility index (Phi) is 10.3. The summed E-state index contributed by atoms with van der Waals surface area (Å²) in [4.78, 5) is 41.8. The van der Waals surface area contributed by atoms with Crippen molar-refractivity contribution in [1.29, 1.82) is 0 Å². The molecule has 194 valence electrons. The van der Waals surface area contributed by atoms with Crippen LogP contribution in [0.2, 0.25) is 0 Å². The summed E-state index contributed by atoms with van der Waals surface area (Å²) in [5, 5.41) is 8.60. The fourth-order valence-electron chi connectivity index (χ4n) is 4.04. The summed E-state index contributed by atoms with van der Waals surface area (Å²) in [5.41, 5.74) is 0.897. The van der Waals surface area contributed by atoms with E-state index in [1.54, 1.807) is 12.3 Å². The van der Waals surface area contributed by atoms with Crippen LogP contribution in [0.25, 0.3) is 6.08 Å². The van der Waals surface area contributed by atoms with Crippen LogP contribution in [0.3, 0.4) is 0 Å². The predicted molar refractivity (Wildman–Crippen MR) is 139 cm³/mol. The van der Waals surface area contributed by atoms with E-state index >= 15 is 0 Å². The molecule has 2 aliphatic heterocycles. The molecule has 0 saturated heterocycles. The fraction of sp³-hybridized carbons (Fsp3) is 0.593. The normalized spacial score (nSPS) is 22.1. The van der Waals surface area contributed by atoms with Gasteiger partial charge in [-0.05, 0) is 62.0 Å². The van der Waals surface area contributed by atoms with Gasteiger partial charge in [-0.15, -0.1) is 0 Å². The van der Waals surface area contributed by atoms with Gasteiger partial charge in [-0.3, -0.25) is 19.3 Å². The van der Waals surface area contributed by atoms with E-state index in [4.69, 9.17) is 4.74 Å². The van der Waals surface area contributed by atoms with Crippen molar-refractivity contribution >= 4 is 23.8 Å². The molecule has 0 spiro atoms. The lowest BCUT2D eigenvalue weighted by Crippen LogP contribution is -2.62. The minimum Gasteiger partial charge on any atom is -0.487 e. The molecule has 2 heterocycles. The molecule has 8 heteroatoms. The number of amides is 3. The molecular weight excluding hydrogens is 444 g/mol. The van der Waals surface area contributed by atoms with Crippen molar-refractivity contribution in [2.45, 2.75) is 72.2 Å². The largest absolute Gasteiger partial charge is 0.487 e. The molecule has 0 unspecified atom stereocenters. The fourth-order valence-corrected chi connectivity index (χ4v) is 4.04. The van der Waals surface area contributed by atoms with Gasteiger partial charge in [-0.2, -0.15) is 0 Å². The van der Waals surface area contributed by atoms with Crippen molar-refractivity contribution < 1.29 is 19.1 Å². The van der Waals surface area contributed by atoms with E-state index in [1.807, 2.05) is 71.0 Å². The Hall–Kier alpha value is -2.87. The Morgan fingerprint density at radius 1 is 1.00 bits per heavy atom. The topological polar surface area (TPSA) is 99.8 Å². The molecule has 0 radical (unpaired) electrons. The maximum atomic E-state index is 13.6. The zero-order valence-corrected chi connectivity index (χ0v) is 22.3. The first-order chi connectivity index (χ1) is 16.4. The minimum atomic E-state index is -0.996. The van der Waals surface area contributed by atoms with Gasteiger partial charge in [0.15, 0.2) is 0 Å². The van der Waals surface area contributed by atoms with E-state index in [1.165, 1.54) is 0 Å². The van der Waals surface area contributed by atoms with Gasteiger partial charge in [0.1, 0.15) is 23.9 Å². The van der Waals surface area contributed by atoms with Crippen molar-refractivity contribution in [2.24, 2.45) is 17.8 Å². The number of hydrogen-bond acceptors (Lipinski definition) is 5. The van der Waals surface area contributed by atoms with E-state index in [0.717, 1.165) is 5.56 Å². The van der Waals surface area contributed by atoms with Crippen LogP contribution in [0.1, 0.15) is 53.5 Å². The number of hydrogen-bond donors (Lipinski definition) is 3. The van der Waals surface area contributed by atoms with Gasteiger partial charge in [0.2, 0.25) is 17.7 Å². The third-order valence-electron chi connectivity index (χ3n) is 6.09. The first kappa shape index (κ1) is 28.4. The van der Waals surface area contributed by atoms with E-state index in [0.29, 0.717) is 18.1 Å². The van der Waals surface area contributed by atoms with Crippen LogP contribution in [-0.4, -0.2) is 60.9 Å². The third kappa shape index (κ3) is 8.09. The molecule has 4 atom stereocenters. The number of nitrogens with one attached hydrogen (secondary N) is 3. The second kappa shape index (κ2) is 12.7.